The highest BCUT2D eigenvalue weighted by atomic mass is 16.5. The van der Waals surface area contributed by atoms with Crippen LogP contribution in [0, 0.1) is 0 Å². The molecule has 5 nitrogen and oxygen atoms in total. The Labute approximate surface area is 141 Å². The van der Waals surface area contributed by atoms with Crippen LogP contribution in [0.2, 0.25) is 0 Å². The van der Waals surface area contributed by atoms with E-state index in [0.29, 0.717) is 18.5 Å². The zero-order chi connectivity index (χ0) is 16.4. The van der Waals surface area contributed by atoms with Gasteiger partial charge in [0.1, 0.15) is 11.9 Å². The van der Waals surface area contributed by atoms with E-state index in [0.717, 1.165) is 37.0 Å². The van der Waals surface area contributed by atoms with Gasteiger partial charge >= 0.3 is 0 Å². The Balaban J connectivity index is 1.40. The Morgan fingerprint density at radius 1 is 1.08 bits per heavy atom. The minimum atomic E-state index is 0.187. The first-order valence-corrected chi connectivity index (χ1v) is 8.56. The van der Waals surface area contributed by atoms with Crippen LogP contribution < -0.4 is 4.74 Å². The fourth-order valence-corrected chi connectivity index (χ4v) is 4.01. The van der Waals surface area contributed by atoms with E-state index in [1.54, 1.807) is 24.8 Å². The molecular weight excluding hydrogens is 302 g/mol. The first kappa shape index (κ1) is 15.1. The van der Waals surface area contributed by atoms with Crippen molar-refractivity contribution in [1.29, 1.82) is 0 Å². The van der Waals surface area contributed by atoms with Crippen LogP contribution in [0.25, 0.3) is 0 Å². The van der Waals surface area contributed by atoms with Crippen LogP contribution in [0.5, 0.6) is 5.75 Å². The van der Waals surface area contributed by atoms with Gasteiger partial charge in [0.25, 0.3) is 0 Å². The van der Waals surface area contributed by atoms with Gasteiger partial charge in [0.15, 0.2) is 0 Å². The molecule has 2 saturated heterocycles. The zero-order valence-electron chi connectivity index (χ0n) is 13.5. The molecule has 2 aliphatic heterocycles. The highest BCUT2D eigenvalue weighted by molar-refractivity contribution is 5.79. The van der Waals surface area contributed by atoms with Gasteiger partial charge in [-0.05, 0) is 36.6 Å². The van der Waals surface area contributed by atoms with Crippen molar-refractivity contribution in [3.8, 4) is 5.75 Å². The third-order valence-electron chi connectivity index (χ3n) is 5.01. The Bertz CT molecular complexity index is 678. The van der Waals surface area contributed by atoms with Crippen LogP contribution >= 0.6 is 0 Å². The van der Waals surface area contributed by atoms with Gasteiger partial charge < -0.3 is 9.64 Å². The lowest BCUT2D eigenvalue weighted by Crippen LogP contribution is -2.49. The molecule has 2 aromatic rings. The van der Waals surface area contributed by atoms with Crippen molar-refractivity contribution in [3.63, 3.8) is 0 Å². The number of carbonyl (C=O) groups is 1. The summed E-state index contributed by atoms with van der Waals surface area (Å²) in [6.45, 7) is 0. The lowest BCUT2D eigenvalue weighted by molar-refractivity contribution is -0.136. The van der Waals surface area contributed by atoms with E-state index in [9.17, 15) is 4.79 Å². The van der Waals surface area contributed by atoms with E-state index < -0.39 is 0 Å². The van der Waals surface area contributed by atoms with Gasteiger partial charge in [0.05, 0.1) is 6.42 Å². The summed E-state index contributed by atoms with van der Waals surface area (Å²) in [4.78, 5) is 23.0. The number of pyridine rings is 2. The standard InChI is InChI=1S/C19H21N3O2/c23-19(10-14-2-1-7-21-13-14)22-15-3-4-16(22)12-18(11-15)24-17-5-8-20-9-6-17/h1-2,5-9,13,15-16,18H,3-4,10-12H2. The maximum absolute atomic E-state index is 12.7. The maximum Gasteiger partial charge on any atom is 0.227 e. The number of piperidine rings is 1. The quantitative estimate of drug-likeness (QED) is 0.868. The molecule has 0 saturated carbocycles. The Morgan fingerprint density at radius 2 is 1.83 bits per heavy atom. The number of fused-ring (bicyclic) bond motifs is 2. The van der Waals surface area contributed by atoms with Gasteiger partial charge in [0.2, 0.25) is 5.91 Å². The molecule has 5 heteroatoms. The highest BCUT2D eigenvalue weighted by Crippen LogP contribution is 2.37. The number of rotatable bonds is 4. The molecule has 0 radical (unpaired) electrons. The fraction of sp³-hybridized carbons (Fsp3) is 0.421. The maximum atomic E-state index is 12.7. The van der Waals surface area contributed by atoms with Crippen molar-refractivity contribution in [3.05, 3.63) is 54.6 Å². The molecule has 0 spiro atoms. The molecule has 0 aliphatic carbocycles. The van der Waals surface area contributed by atoms with E-state index in [2.05, 4.69) is 14.9 Å². The van der Waals surface area contributed by atoms with Gasteiger partial charge in [-0.15, -0.1) is 0 Å². The van der Waals surface area contributed by atoms with Crippen LogP contribution in [0.4, 0.5) is 0 Å². The molecule has 124 valence electrons. The first-order chi connectivity index (χ1) is 11.8. The van der Waals surface area contributed by atoms with Gasteiger partial charge in [-0.2, -0.15) is 0 Å². The largest absolute Gasteiger partial charge is 0.490 e. The molecule has 0 N–H and O–H groups in total. The minimum absolute atomic E-state index is 0.187. The summed E-state index contributed by atoms with van der Waals surface area (Å²) < 4.78 is 6.09. The SMILES string of the molecule is O=C(Cc1cccnc1)N1C2CCC1CC(Oc1ccncc1)C2. The summed E-state index contributed by atoms with van der Waals surface area (Å²) in [5.74, 6) is 1.09. The first-order valence-electron chi connectivity index (χ1n) is 8.56. The fourth-order valence-electron chi connectivity index (χ4n) is 4.01. The number of carbonyl (C=O) groups excluding carboxylic acids is 1. The Hall–Kier alpha value is -2.43. The number of hydrogen-bond acceptors (Lipinski definition) is 4. The third-order valence-corrected chi connectivity index (χ3v) is 5.01. The second-order valence-electron chi connectivity index (χ2n) is 6.62. The summed E-state index contributed by atoms with van der Waals surface area (Å²) in [6.07, 6.45) is 11.6. The van der Waals surface area contributed by atoms with Crippen molar-refractivity contribution in [2.75, 3.05) is 0 Å². The van der Waals surface area contributed by atoms with Crippen molar-refractivity contribution < 1.29 is 9.53 Å². The summed E-state index contributed by atoms with van der Waals surface area (Å²) in [5, 5.41) is 0. The summed E-state index contributed by atoms with van der Waals surface area (Å²) >= 11 is 0. The Kier molecular flexibility index (Phi) is 4.15. The molecule has 24 heavy (non-hydrogen) atoms. The average molecular weight is 323 g/mol. The number of hydrogen-bond donors (Lipinski definition) is 0. The molecule has 2 unspecified atom stereocenters. The van der Waals surface area contributed by atoms with Crippen LogP contribution in [0.15, 0.2) is 49.1 Å². The topological polar surface area (TPSA) is 55.3 Å². The average Bonchev–Trinajstić information content (AvgIpc) is 2.88. The van der Waals surface area contributed by atoms with Crippen molar-refractivity contribution in [1.82, 2.24) is 14.9 Å². The monoisotopic (exact) mass is 323 g/mol. The second kappa shape index (κ2) is 6.59. The molecule has 1 amide bonds. The van der Waals surface area contributed by atoms with Gasteiger partial charge in [-0.1, -0.05) is 6.07 Å². The van der Waals surface area contributed by atoms with E-state index >= 15 is 0 Å². The molecule has 4 rings (SSSR count). The number of nitrogens with zero attached hydrogens (tertiary/aromatic N) is 3. The molecule has 2 aliphatic rings. The van der Waals surface area contributed by atoms with Crippen LogP contribution in [-0.4, -0.2) is 39.0 Å². The molecular formula is C19H21N3O2. The van der Waals surface area contributed by atoms with E-state index in [4.69, 9.17) is 4.74 Å². The van der Waals surface area contributed by atoms with Crippen LogP contribution in [0.3, 0.4) is 0 Å². The summed E-state index contributed by atoms with van der Waals surface area (Å²) in [6, 6.07) is 8.24. The molecule has 2 fully saturated rings. The second-order valence-corrected chi connectivity index (χ2v) is 6.62. The smallest absolute Gasteiger partial charge is 0.227 e. The van der Waals surface area contributed by atoms with E-state index in [-0.39, 0.29) is 12.0 Å². The van der Waals surface area contributed by atoms with Crippen molar-refractivity contribution in [2.24, 2.45) is 0 Å². The highest BCUT2D eigenvalue weighted by Gasteiger charge is 2.43. The zero-order valence-corrected chi connectivity index (χ0v) is 13.5. The lowest BCUT2D eigenvalue weighted by Gasteiger charge is -2.39. The van der Waals surface area contributed by atoms with E-state index in [1.165, 1.54) is 0 Å². The molecule has 2 bridgehead atoms. The Morgan fingerprint density at radius 3 is 2.50 bits per heavy atom. The third kappa shape index (κ3) is 3.11. The predicted molar refractivity (Wildman–Crippen MR) is 89.5 cm³/mol. The molecule has 4 heterocycles. The van der Waals surface area contributed by atoms with Crippen LogP contribution in [-0.2, 0) is 11.2 Å². The van der Waals surface area contributed by atoms with Crippen LogP contribution in [0.1, 0.15) is 31.2 Å². The lowest BCUT2D eigenvalue weighted by atomic mass is 9.98. The predicted octanol–water partition coefficient (Wildman–Crippen LogP) is 2.62. The number of amides is 1. The van der Waals surface area contributed by atoms with Crippen molar-refractivity contribution >= 4 is 5.91 Å². The molecule has 2 aromatic heterocycles. The minimum Gasteiger partial charge on any atom is -0.490 e. The molecule has 0 aromatic carbocycles. The van der Waals surface area contributed by atoms with Gasteiger partial charge in [0, 0.05) is 49.7 Å². The van der Waals surface area contributed by atoms with Crippen molar-refractivity contribution in [2.45, 2.75) is 50.3 Å². The number of aromatic nitrogens is 2. The van der Waals surface area contributed by atoms with Gasteiger partial charge in [-0.3, -0.25) is 14.8 Å². The summed E-state index contributed by atoms with van der Waals surface area (Å²) in [5.41, 5.74) is 0.983. The normalized spacial score (nSPS) is 25.5. The van der Waals surface area contributed by atoms with Gasteiger partial charge in [-0.25, -0.2) is 0 Å². The molecule has 2 atom stereocenters. The summed E-state index contributed by atoms with van der Waals surface area (Å²) in [7, 11) is 0. The number of ether oxygens (including phenoxy) is 1. The van der Waals surface area contributed by atoms with E-state index in [1.807, 2.05) is 24.3 Å².